The first-order chi connectivity index (χ1) is 7.86. The molecule has 2 rings (SSSR count). The Morgan fingerprint density at radius 1 is 1.35 bits per heavy atom. The second-order valence-electron chi connectivity index (χ2n) is 5.64. The molecule has 1 heterocycles. The van der Waals surface area contributed by atoms with Gasteiger partial charge in [0, 0.05) is 0 Å². The summed E-state index contributed by atoms with van der Waals surface area (Å²) in [6.45, 7) is 8.36. The minimum Gasteiger partial charge on any atom is -0.488 e. The first kappa shape index (κ1) is 12.0. The molecule has 1 atom stereocenters. The van der Waals surface area contributed by atoms with Gasteiger partial charge in [-0.15, -0.1) is 0 Å². The molecule has 1 aromatic carbocycles. The maximum atomic E-state index is 11.6. The molecule has 1 aromatic rings. The van der Waals surface area contributed by atoms with Crippen molar-refractivity contribution < 1.29 is 9.53 Å². The van der Waals surface area contributed by atoms with Gasteiger partial charge in [-0.1, -0.05) is 26.8 Å². The fourth-order valence-electron chi connectivity index (χ4n) is 1.92. The predicted molar refractivity (Wildman–Crippen MR) is 68.5 cm³/mol. The number of carbonyl (C=O) groups is 1. The number of fused-ring (bicyclic) bond motifs is 1. The number of ether oxygens (including phenoxy) is 1. The molecule has 1 aliphatic heterocycles. The zero-order valence-corrected chi connectivity index (χ0v) is 10.8. The normalized spacial score (nSPS) is 20.0. The summed E-state index contributed by atoms with van der Waals surface area (Å²) in [5, 5.41) is 2.90. The third-order valence-corrected chi connectivity index (χ3v) is 2.92. The van der Waals surface area contributed by atoms with E-state index in [-0.39, 0.29) is 17.4 Å². The van der Waals surface area contributed by atoms with Crippen LogP contribution in [-0.2, 0) is 10.2 Å². The molecule has 1 N–H and O–H groups in total. The van der Waals surface area contributed by atoms with Crippen molar-refractivity contribution in [1.29, 1.82) is 0 Å². The minimum absolute atomic E-state index is 0.0160. The van der Waals surface area contributed by atoms with E-state index in [1.54, 1.807) is 0 Å². The van der Waals surface area contributed by atoms with Gasteiger partial charge < -0.3 is 10.1 Å². The van der Waals surface area contributed by atoms with Gasteiger partial charge in [0.15, 0.2) is 0 Å². The molecule has 1 aliphatic rings. The van der Waals surface area contributed by atoms with Gasteiger partial charge in [0.2, 0.25) is 5.91 Å². The maximum Gasteiger partial charge on any atom is 0.228 e. The molecule has 92 valence electrons. The third-order valence-electron chi connectivity index (χ3n) is 2.92. The lowest BCUT2D eigenvalue weighted by Gasteiger charge is -2.21. The molecule has 17 heavy (non-hydrogen) atoms. The zero-order chi connectivity index (χ0) is 12.6. The summed E-state index contributed by atoms with van der Waals surface area (Å²) in [6, 6.07) is 6.01. The van der Waals surface area contributed by atoms with Gasteiger partial charge >= 0.3 is 0 Å². The Balaban J connectivity index is 2.41. The van der Waals surface area contributed by atoms with Crippen LogP contribution in [0.15, 0.2) is 18.2 Å². The minimum atomic E-state index is -0.0725. The van der Waals surface area contributed by atoms with Gasteiger partial charge in [0.1, 0.15) is 11.9 Å². The van der Waals surface area contributed by atoms with Gasteiger partial charge in [-0.2, -0.15) is 0 Å². The maximum absolute atomic E-state index is 11.6. The molecule has 1 amide bonds. The van der Waals surface area contributed by atoms with Crippen molar-refractivity contribution in [3.63, 3.8) is 0 Å². The summed E-state index contributed by atoms with van der Waals surface area (Å²) in [5.41, 5.74) is 2.04. The van der Waals surface area contributed by atoms with Gasteiger partial charge in [0.25, 0.3) is 0 Å². The van der Waals surface area contributed by atoms with E-state index < -0.39 is 0 Å². The Morgan fingerprint density at radius 2 is 2.06 bits per heavy atom. The number of carbonyl (C=O) groups excluding carboxylic acids is 1. The highest BCUT2D eigenvalue weighted by atomic mass is 16.5. The van der Waals surface area contributed by atoms with E-state index in [9.17, 15) is 4.79 Å². The number of rotatable bonds is 0. The monoisotopic (exact) mass is 233 g/mol. The Kier molecular flexibility index (Phi) is 2.86. The van der Waals surface area contributed by atoms with E-state index in [0.29, 0.717) is 6.42 Å². The van der Waals surface area contributed by atoms with Crippen LogP contribution in [0, 0.1) is 0 Å². The average Bonchev–Trinajstić information content (AvgIpc) is 2.31. The van der Waals surface area contributed by atoms with E-state index in [0.717, 1.165) is 11.4 Å². The van der Waals surface area contributed by atoms with Gasteiger partial charge in [-0.3, -0.25) is 4.79 Å². The zero-order valence-electron chi connectivity index (χ0n) is 10.8. The SMILES string of the molecule is CC1CC(=O)Nc2cc(C(C)(C)C)ccc2O1. The predicted octanol–water partition coefficient (Wildman–Crippen LogP) is 3.09. The van der Waals surface area contributed by atoms with Crippen molar-refractivity contribution in [2.75, 3.05) is 5.32 Å². The number of benzene rings is 1. The Hall–Kier alpha value is -1.51. The number of amides is 1. The highest BCUT2D eigenvalue weighted by Gasteiger charge is 2.21. The van der Waals surface area contributed by atoms with Crippen LogP contribution in [0.4, 0.5) is 5.69 Å². The highest BCUT2D eigenvalue weighted by Crippen LogP contribution is 2.33. The van der Waals surface area contributed by atoms with Crippen LogP contribution in [0.5, 0.6) is 5.75 Å². The first-order valence-corrected chi connectivity index (χ1v) is 5.97. The molecular formula is C14H19NO2. The van der Waals surface area contributed by atoms with Gasteiger partial charge in [0.05, 0.1) is 12.1 Å². The second kappa shape index (κ2) is 4.06. The number of hydrogen-bond acceptors (Lipinski definition) is 2. The van der Waals surface area contributed by atoms with Crippen LogP contribution in [0.3, 0.4) is 0 Å². The summed E-state index contributed by atoms with van der Waals surface area (Å²) < 4.78 is 5.71. The topological polar surface area (TPSA) is 38.3 Å². The van der Waals surface area contributed by atoms with Crippen molar-refractivity contribution >= 4 is 11.6 Å². The fraction of sp³-hybridized carbons (Fsp3) is 0.500. The van der Waals surface area contributed by atoms with Gasteiger partial charge in [-0.05, 0) is 30.0 Å². The molecule has 3 nitrogen and oxygen atoms in total. The standard InChI is InChI=1S/C14H19NO2/c1-9-7-13(16)15-11-8-10(14(2,3)4)5-6-12(11)17-9/h5-6,8-9H,7H2,1-4H3,(H,15,16). The molecule has 1 unspecified atom stereocenters. The molecule has 0 saturated carbocycles. The fourth-order valence-corrected chi connectivity index (χ4v) is 1.92. The second-order valence-corrected chi connectivity index (χ2v) is 5.64. The van der Waals surface area contributed by atoms with Crippen LogP contribution in [0.1, 0.15) is 39.7 Å². The van der Waals surface area contributed by atoms with Crippen LogP contribution in [0.2, 0.25) is 0 Å². The molecule has 3 heteroatoms. The lowest BCUT2D eigenvalue weighted by molar-refractivity contribution is -0.117. The summed E-state index contributed by atoms with van der Waals surface area (Å²) in [5.74, 6) is 0.777. The van der Waals surface area contributed by atoms with E-state index in [1.165, 1.54) is 5.56 Å². The molecule has 0 aliphatic carbocycles. The van der Waals surface area contributed by atoms with Crippen molar-refractivity contribution in [2.45, 2.75) is 45.6 Å². The molecular weight excluding hydrogens is 214 g/mol. The third kappa shape index (κ3) is 2.60. The Bertz CT molecular complexity index is 446. The smallest absolute Gasteiger partial charge is 0.228 e. The van der Waals surface area contributed by atoms with Crippen LogP contribution < -0.4 is 10.1 Å². The van der Waals surface area contributed by atoms with Crippen LogP contribution in [0.25, 0.3) is 0 Å². The molecule has 0 saturated heterocycles. The quantitative estimate of drug-likeness (QED) is 0.747. The molecule has 0 bridgehead atoms. The number of hydrogen-bond donors (Lipinski definition) is 1. The summed E-state index contributed by atoms with van der Waals surface area (Å²) in [4.78, 5) is 11.6. The molecule has 0 radical (unpaired) electrons. The summed E-state index contributed by atoms with van der Waals surface area (Å²) >= 11 is 0. The van der Waals surface area contributed by atoms with E-state index in [2.05, 4.69) is 32.2 Å². The highest BCUT2D eigenvalue weighted by molar-refractivity contribution is 5.93. The van der Waals surface area contributed by atoms with Crippen molar-refractivity contribution in [1.82, 2.24) is 0 Å². The lowest BCUT2D eigenvalue weighted by Crippen LogP contribution is -2.17. The van der Waals surface area contributed by atoms with E-state index in [1.807, 2.05) is 19.1 Å². The van der Waals surface area contributed by atoms with Crippen molar-refractivity contribution in [3.8, 4) is 5.75 Å². The number of anilines is 1. The largest absolute Gasteiger partial charge is 0.488 e. The van der Waals surface area contributed by atoms with E-state index >= 15 is 0 Å². The first-order valence-electron chi connectivity index (χ1n) is 5.97. The van der Waals surface area contributed by atoms with Crippen molar-refractivity contribution in [2.24, 2.45) is 0 Å². The number of nitrogens with one attached hydrogen (secondary N) is 1. The molecule has 0 spiro atoms. The van der Waals surface area contributed by atoms with Crippen LogP contribution in [-0.4, -0.2) is 12.0 Å². The Morgan fingerprint density at radius 3 is 2.71 bits per heavy atom. The van der Waals surface area contributed by atoms with Gasteiger partial charge in [-0.25, -0.2) is 0 Å². The lowest BCUT2D eigenvalue weighted by atomic mass is 9.87. The van der Waals surface area contributed by atoms with Crippen LogP contribution >= 0.6 is 0 Å². The molecule has 0 fully saturated rings. The van der Waals surface area contributed by atoms with Crippen molar-refractivity contribution in [3.05, 3.63) is 23.8 Å². The van der Waals surface area contributed by atoms with E-state index in [4.69, 9.17) is 4.74 Å². The summed E-state index contributed by atoms with van der Waals surface area (Å²) in [6.07, 6.45) is 0.330. The average molecular weight is 233 g/mol. The molecule has 0 aromatic heterocycles. The summed E-state index contributed by atoms with van der Waals surface area (Å²) in [7, 11) is 0. The Labute approximate surface area is 102 Å².